The highest BCUT2D eigenvalue weighted by Crippen LogP contribution is 2.34. The number of carboxylic acid groups (broad SMARTS) is 2. The highest BCUT2D eigenvalue weighted by molar-refractivity contribution is 6.42. The topological polar surface area (TPSA) is 132 Å². The van der Waals surface area contributed by atoms with Gasteiger partial charge in [0.25, 0.3) is 0 Å². The van der Waals surface area contributed by atoms with Crippen LogP contribution in [0.5, 0.6) is 0 Å². The van der Waals surface area contributed by atoms with E-state index in [-0.39, 0.29) is 25.0 Å². The summed E-state index contributed by atoms with van der Waals surface area (Å²) >= 11 is 12.1. The number of aliphatic hydroxyl groups excluding tert-OH is 1. The number of carbonyl (C=O) groups is 3. The van der Waals surface area contributed by atoms with Gasteiger partial charge in [-0.15, -0.1) is 0 Å². The Morgan fingerprint density at radius 1 is 1.00 bits per heavy atom. The molecule has 2 aliphatic heterocycles. The van der Waals surface area contributed by atoms with E-state index in [0.717, 1.165) is 36.5 Å². The second-order valence-corrected chi connectivity index (χ2v) is 9.36. The van der Waals surface area contributed by atoms with Crippen molar-refractivity contribution in [2.24, 2.45) is 0 Å². The van der Waals surface area contributed by atoms with Gasteiger partial charge in [-0.1, -0.05) is 29.3 Å². The van der Waals surface area contributed by atoms with Crippen LogP contribution in [-0.4, -0.2) is 69.1 Å². The predicted molar refractivity (Wildman–Crippen MR) is 133 cm³/mol. The number of rotatable bonds is 7. The molecule has 0 bridgehead atoms. The number of aliphatic hydroxyl groups is 1. The Kier molecular flexibility index (Phi) is 9.95. The zero-order valence-corrected chi connectivity index (χ0v) is 21.0. The molecule has 3 N–H and O–H groups in total. The van der Waals surface area contributed by atoms with E-state index in [0.29, 0.717) is 40.9 Å². The van der Waals surface area contributed by atoms with E-state index in [1.54, 1.807) is 12.1 Å². The molecule has 0 saturated carbocycles. The number of carbonyl (C=O) groups excluding carboxylic acids is 1. The van der Waals surface area contributed by atoms with Crippen molar-refractivity contribution >= 4 is 41.0 Å². The van der Waals surface area contributed by atoms with Crippen molar-refractivity contribution in [3.05, 3.63) is 69.1 Å². The molecule has 1 aromatic carbocycles. The second kappa shape index (κ2) is 12.9. The lowest BCUT2D eigenvalue weighted by molar-refractivity contribution is -0.134. The molecule has 194 valence electrons. The number of hydrogen-bond acceptors (Lipinski definition) is 6. The van der Waals surface area contributed by atoms with E-state index in [9.17, 15) is 19.5 Å². The van der Waals surface area contributed by atoms with E-state index < -0.39 is 11.9 Å². The Labute approximate surface area is 218 Å². The predicted octanol–water partition coefficient (Wildman–Crippen LogP) is 3.55. The van der Waals surface area contributed by atoms with Crippen molar-refractivity contribution in [3.63, 3.8) is 0 Å². The first-order valence-corrected chi connectivity index (χ1v) is 12.3. The van der Waals surface area contributed by atoms with Gasteiger partial charge in [0.05, 0.1) is 22.5 Å². The normalized spacial score (nSPS) is 17.5. The summed E-state index contributed by atoms with van der Waals surface area (Å²) in [5.41, 5.74) is 1.89. The molecular weight excluding hydrogens is 511 g/mol. The smallest absolute Gasteiger partial charge is 0.328 e. The summed E-state index contributed by atoms with van der Waals surface area (Å²) in [4.78, 5) is 36.7. The van der Waals surface area contributed by atoms with Crippen molar-refractivity contribution in [2.45, 2.75) is 38.3 Å². The van der Waals surface area contributed by atoms with Crippen LogP contribution in [0, 0.1) is 0 Å². The fraction of sp³-hybridized carbons (Fsp3) is 0.400. The standard InChI is InChI=1S/C21H24Cl2N2O3.C4H4O4/c22-17-4-3-14(9-18(17)23)10-21(27)25-8-5-20-16(11-15(13-26)28-20)19(25)12-24-6-1-2-7-24;5-3(6)1-2-4(7)8/h3-4,9,11,19,26H,1-2,5-8,10,12-13H2;1-2H,(H,5,6)(H,7,8)/b;2-1+. The van der Waals surface area contributed by atoms with Crippen LogP contribution in [0.15, 0.2) is 40.8 Å². The van der Waals surface area contributed by atoms with Gasteiger partial charge in [0.1, 0.15) is 18.1 Å². The van der Waals surface area contributed by atoms with Gasteiger partial charge in [-0.05, 0) is 49.7 Å². The number of benzene rings is 1. The number of nitrogens with zero attached hydrogens (tertiary/aromatic N) is 2. The summed E-state index contributed by atoms with van der Waals surface area (Å²) < 4.78 is 5.79. The Morgan fingerprint density at radius 3 is 2.25 bits per heavy atom. The molecule has 4 rings (SSSR count). The minimum atomic E-state index is -1.26. The van der Waals surface area contributed by atoms with Gasteiger partial charge >= 0.3 is 11.9 Å². The third kappa shape index (κ3) is 7.57. The molecule has 1 amide bonds. The molecule has 0 aliphatic carbocycles. The quantitative estimate of drug-likeness (QED) is 0.456. The van der Waals surface area contributed by atoms with Crippen LogP contribution in [0.2, 0.25) is 10.0 Å². The van der Waals surface area contributed by atoms with Gasteiger partial charge in [-0.3, -0.25) is 4.79 Å². The molecule has 1 saturated heterocycles. The lowest BCUT2D eigenvalue weighted by Crippen LogP contribution is -2.45. The zero-order valence-electron chi connectivity index (χ0n) is 19.5. The van der Waals surface area contributed by atoms with Crippen LogP contribution in [0.3, 0.4) is 0 Å². The monoisotopic (exact) mass is 538 g/mol. The number of aliphatic carboxylic acids is 2. The maximum Gasteiger partial charge on any atom is 0.328 e. The highest BCUT2D eigenvalue weighted by atomic mass is 35.5. The van der Waals surface area contributed by atoms with Gasteiger partial charge in [0.2, 0.25) is 5.91 Å². The van der Waals surface area contributed by atoms with E-state index in [2.05, 4.69) is 4.90 Å². The van der Waals surface area contributed by atoms with Crippen molar-refractivity contribution in [2.75, 3.05) is 26.2 Å². The summed E-state index contributed by atoms with van der Waals surface area (Å²) in [6.45, 7) is 3.41. The molecule has 11 heteroatoms. The summed E-state index contributed by atoms with van der Waals surface area (Å²) in [7, 11) is 0. The minimum absolute atomic E-state index is 0.0545. The Balaban J connectivity index is 0.000000392. The Bertz CT molecular complexity index is 1110. The van der Waals surface area contributed by atoms with Gasteiger partial charge < -0.3 is 29.5 Å². The van der Waals surface area contributed by atoms with Crippen LogP contribution in [0.4, 0.5) is 0 Å². The molecule has 1 unspecified atom stereocenters. The molecule has 1 fully saturated rings. The van der Waals surface area contributed by atoms with Crippen molar-refractivity contribution in [1.29, 1.82) is 0 Å². The van der Waals surface area contributed by atoms with Crippen molar-refractivity contribution in [3.8, 4) is 0 Å². The SMILES string of the molecule is O=C(Cc1ccc(Cl)c(Cl)c1)N1CCc2oc(CO)cc2C1CN1CCCC1.O=C(O)/C=C/C(=O)O. The van der Waals surface area contributed by atoms with Gasteiger partial charge in [-0.25, -0.2) is 9.59 Å². The van der Waals surface area contributed by atoms with E-state index in [1.807, 2.05) is 17.0 Å². The number of halogens is 2. The molecule has 1 aromatic heterocycles. The van der Waals surface area contributed by atoms with Crippen LogP contribution in [0.1, 0.15) is 41.5 Å². The maximum atomic E-state index is 13.2. The highest BCUT2D eigenvalue weighted by Gasteiger charge is 2.35. The number of carboxylic acids is 2. The molecule has 0 radical (unpaired) electrons. The molecule has 0 spiro atoms. The maximum absolute atomic E-state index is 13.2. The fourth-order valence-corrected chi connectivity index (χ4v) is 4.70. The van der Waals surface area contributed by atoms with Gasteiger partial charge in [0.15, 0.2) is 0 Å². The van der Waals surface area contributed by atoms with Crippen LogP contribution >= 0.6 is 23.2 Å². The van der Waals surface area contributed by atoms with E-state index in [4.69, 9.17) is 37.8 Å². The molecule has 2 aliphatic rings. The molecule has 3 heterocycles. The lowest BCUT2D eigenvalue weighted by atomic mass is 9.97. The summed E-state index contributed by atoms with van der Waals surface area (Å²) in [6.07, 6.45) is 4.46. The van der Waals surface area contributed by atoms with Crippen molar-refractivity contribution < 1.29 is 34.1 Å². The molecule has 1 atom stereocenters. The average molecular weight is 539 g/mol. The Hall–Kier alpha value is -2.85. The molecule has 2 aromatic rings. The van der Waals surface area contributed by atoms with Crippen LogP contribution in [-0.2, 0) is 33.8 Å². The fourth-order valence-electron chi connectivity index (χ4n) is 4.38. The largest absolute Gasteiger partial charge is 0.478 e. The number of likely N-dealkylation sites (tertiary alicyclic amines) is 1. The lowest BCUT2D eigenvalue weighted by Gasteiger charge is -2.37. The van der Waals surface area contributed by atoms with Gasteiger partial charge in [0, 0.05) is 37.2 Å². The number of hydrogen-bond donors (Lipinski definition) is 3. The molecular formula is C25H28Cl2N2O7. The summed E-state index contributed by atoms with van der Waals surface area (Å²) in [5.74, 6) is -0.984. The second-order valence-electron chi connectivity index (χ2n) is 8.55. The minimum Gasteiger partial charge on any atom is -0.478 e. The third-order valence-electron chi connectivity index (χ3n) is 6.02. The summed E-state index contributed by atoms with van der Waals surface area (Å²) in [5, 5.41) is 26.0. The number of amides is 1. The first kappa shape index (κ1) is 27.7. The first-order chi connectivity index (χ1) is 17.2. The van der Waals surface area contributed by atoms with Crippen molar-refractivity contribution in [1.82, 2.24) is 9.80 Å². The van der Waals surface area contributed by atoms with E-state index >= 15 is 0 Å². The Morgan fingerprint density at radius 2 is 1.67 bits per heavy atom. The van der Waals surface area contributed by atoms with E-state index in [1.165, 1.54) is 12.8 Å². The molecule has 9 nitrogen and oxygen atoms in total. The third-order valence-corrected chi connectivity index (χ3v) is 6.76. The molecule has 36 heavy (non-hydrogen) atoms. The summed E-state index contributed by atoms with van der Waals surface area (Å²) in [6, 6.07) is 7.19. The number of fused-ring (bicyclic) bond motifs is 1. The van der Waals surface area contributed by atoms with Gasteiger partial charge in [-0.2, -0.15) is 0 Å². The van der Waals surface area contributed by atoms with Crippen LogP contribution < -0.4 is 0 Å². The average Bonchev–Trinajstić information content (AvgIpc) is 3.50. The zero-order chi connectivity index (χ0) is 26.2. The van der Waals surface area contributed by atoms with Crippen LogP contribution in [0.25, 0.3) is 0 Å². The first-order valence-electron chi connectivity index (χ1n) is 11.5. The number of furan rings is 1.